The van der Waals surface area contributed by atoms with Gasteiger partial charge < -0.3 is 15.7 Å². The summed E-state index contributed by atoms with van der Waals surface area (Å²) in [4.78, 5) is 33.0. The Bertz CT molecular complexity index is 263. The summed E-state index contributed by atoms with van der Waals surface area (Å²) in [6, 6.07) is -1.05. The summed E-state index contributed by atoms with van der Waals surface area (Å²) in [6.07, 6.45) is 0.136. The Labute approximate surface area is 86.2 Å². The van der Waals surface area contributed by atoms with Crippen LogP contribution in [0.25, 0.3) is 0 Å². The van der Waals surface area contributed by atoms with Crippen molar-refractivity contribution >= 4 is 17.8 Å². The maximum atomic E-state index is 11.2. The Kier molecular flexibility index (Phi) is 4.04. The van der Waals surface area contributed by atoms with Gasteiger partial charge in [0.2, 0.25) is 11.8 Å². The molecule has 1 fully saturated rings. The van der Waals surface area contributed by atoms with Gasteiger partial charge in [-0.1, -0.05) is 0 Å². The predicted octanol–water partition coefficient (Wildman–Crippen LogP) is -1.92. The van der Waals surface area contributed by atoms with Crippen LogP contribution in [-0.2, 0) is 9.59 Å². The number of amides is 4. The second kappa shape index (κ2) is 5.30. The SMILES string of the molecule is O=C(CC1CC(=O)NC(=O)N1)NCCO. The van der Waals surface area contributed by atoms with Gasteiger partial charge in [-0.05, 0) is 0 Å². The maximum absolute atomic E-state index is 11.2. The van der Waals surface area contributed by atoms with Gasteiger partial charge in [-0.3, -0.25) is 14.9 Å². The molecule has 4 amide bonds. The van der Waals surface area contributed by atoms with Gasteiger partial charge in [-0.2, -0.15) is 0 Å². The average molecular weight is 215 g/mol. The fourth-order valence-electron chi connectivity index (χ4n) is 1.29. The highest BCUT2D eigenvalue weighted by atomic mass is 16.3. The smallest absolute Gasteiger partial charge is 0.321 e. The van der Waals surface area contributed by atoms with Crippen molar-refractivity contribution in [3.8, 4) is 0 Å². The molecule has 1 atom stereocenters. The molecule has 84 valence electrons. The van der Waals surface area contributed by atoms with Crippen molar-refractivity contribution in [1.82, 2.24) is 16.0 Å². The van der Waals surface area contributed by atoms with Gasteiger partial charge in [0.25, 0.3) is 0 Å². The molecule has 1 rings (SSSR count). The molecule has 7 heteroatoms. The average Bonchev–Trinajstić information content (AvgIpc) is 2.13. The molecule has 0 bridgehead atoms. The summed E-state index contributed by atoms with van der Waals surface area (Å²) in [5.41, 5.74) is 0. The fourth-order valence-corrected chi connectivity index (χ4v) is 1.29. The second-order valence-electron chi connectivity index (χ2n) is 3.20. The minimum absolute atomic E-state index is 0.0408. The van der Waals surface area contributed by atoms with E-state index in [0.717, 1.165) is 0 Å². The van der Waals surface area contributed by atoms with Crippen LogP contribution < -0.4 is 16.0 Å². The molecular formula is C8H13N3O4. The summed E-state index contributed by atoms with van der Waals surface area (Å²) in [5.74, 6) is -0.692. The standard InChI is InChI=1S/C8H13N3O4/c12-2-1-9-6(13)3-5-4-7(14)11-8(15)10-5/h5,12H,1-4H2,(H,9,13)(H2,10,11,14,15). The van der Waals surface area contributed by atoms with E-state index in [9.17, 15) is 14.4 Å². The lowest BCUT2D eigenvalue weighted by Crippen LogP contribution is -2.53. The summed E-state index contributed by atoms with van der Waals surface area (Å²) in [7, 11) is 0. The third-order valence-corrected chi connectivity index (χ3v) is 1.89. The van der Waals surface area contributed by atoms with Crippen LogP contribution >= 0.6 is 0 Å². The van der Waals surface area contributed by atoms with Crippen LogP contribution in [0.4, 0.5) is 4.79 Å². The number of imide groups is 1. The fraction of sp³-hybridized carbons (Fsp3) is 0.625. The number of hydrogen-bond donors (Lipinski definition) is 4. The van der Waals surface area contributed by atoms with E-state index in [1.54, 1.807) is 0 Å². The zero-order chi connectivity index (χ0) is 11.3. The molecule has 1 heterocycles. The van der Waals surface area contributed by atoms with E-state index >= 15 is 0 Å². The van der Waals surface area contributed by atoms with Crippen LogP contribution in [0.2, 0.25) is 0 Å². The third kappa shape index (κ3) is 3.94. The zero-order valence-electron chi connectivity index (χ0n) is 8.08. The first-order valence-electron chi connectivity index (χ1n) is 4.59. The van der Waals surface area contributed by atoms with Gasteiger partial charge in [0.05, 0.1) is 6.61 Å². The zero-order valence-corrected chi connectivity index (χ0v) is 8.08. The van der Waals surface area contributed by atoms with Gasteiger partial charge in [-0.15, -0.1) is 0 Å². The molecule has 4 N–H and O–H groups in total. The van der Waals surface area contributed by atoms with Crippen LogP contribution in [0.3, 0.4) is 0 Å². The first-order valence-corrected chi connectivity index (χ1v) is 4.59. The Balaban J connectivity index is 2.34. The molecule has 1 unspecified atom stereocenters. The Morgan fingerprint density at radius 1 is 1.53 bits per heavy atom. The quantitative estimate of drug-likeness (QED) is 0.438. The third-order valence-electron chi connectivity index (χ3n) is 1.89. The maximum Gasteiger partial charge on any atom is 0.321 e. The van der Waals surface area contributed by atoms with Crippen molar-refractivity contribution in [2.24, 2.45) is 0 Å². The normalized spacial score (nSPS) is 20.5. The van der Waals surface area contributed by atoms with Crippen LogP contribution in [-0.4, -0.2) is 42.1 Å². The molecule has 1 aliphatic rings. The Morgan fingerprint density at radius 2 is 2.27 bits per heavy atom. The number of carbonyl (C=O) groups is 3. The molecule has 1 saturated heterocycles. The topological polar surface area (TPSA) is 108 Å². The molecule has 0 aromatic rings. The van der Waals surface area contributed by atoms with Gasteiger partial charge in [0.15, 0.2) is 0 Å². The van der Waals surface area contributed by atoms with Crippen molar-refractivity contribution in [3.05, 3.63) is 0 Å². The van der Waals surface area contributed by atoms with E-state index in [-0.39, 0.29) is 31.9 Å². The molecule has 0 aromatic carbocycles. The van der Waals surface area contributed by atoms with Crippen molar-refractivity contribution < 1.29 is 19.5 Å². The Hall–Kier alpha value is -1.63. The number of rotatable bonds is 4. The van der Waals surface area contributed by atoms with Crippen molar-refractivity contribution in [1.29, 1.82) is 0 Å². The van der Waals surface area contributed by atoms with Gasteiger partial charge in [0.1, 0.15) is 0 Å². The first-order chi connectivity index (χ1) is 7.11. The number of nitrogens with one attached hydrogen (secondary N) is 3. The lowest BCUT2D eigenvalue weighted by atomic mass is 10.1. The Morgan fingerprint density at radius 3 is 2.87 bits per heavy atom. The highest BCUT2D eigenvalue weighted by Gasteiger charge is 2.25. The number of carbonyl (C=O) groups excluding carboxylic acids is 3. The monoisotopic (exact) mass is 215 g/mol. The van der Waals surface area contributed by atoms with Crippen molar-refractivity contribution in [3.63, 3.8) is 0 Å². The van der Waals surface area contributed by atoms with E-state index in [0.29, 0.717) is 0 Å². The van der Waals surface area contributed by atoms with E-state index in [1.807, 2.05) is 0 Å². The van der Waals surface area contributed by atoms with Crippen LogP contribution in [0, 0.1) is 0 Å². The molecule has 0 spiro atoms. The second-order valence-corrected chi connectivity index (χ2v) is 3.20. The lowest BCUT2D eigenvalue weighted by molar-refractivity contribution is -0.123. The highest BCUT2D eigenvalue weighted by Crippen LogP contribution is 2.02. The number of urea groups is 1. The minimum atomic E-state index is -0.578. The van der Waals surface area contributed by atoms with Gasteiger partial charge in [-0.25, -0.2) is 4.79 Å². The molecule has 0 saturated carbocycles. The van der Waals surface area contributed by atoms with Crippen molar-refractivity contribution in [2.75, 3.05) is 13.2 Å². The molecule has 7 nitrogen and oxygen atoms in total. The summed E-state index contributed by atoms with van der Waals surface area (Å²) in [5, 5.41) is 15.4. The molecule has 0 aliphatic carbocycles. The van der Waals surface area contributed by atoms with E-state index in [1.165, 1.54) is 0 Å². The predicted molar refractivity (Wildman–Crippen MR) is 49.8 cm³/mol. The summed E-state index contributed by atoms with van der Waals surface area (Å²) >= 11 is 0. The van der Waals surface area contributed by atoms with E-state index in [2.05, 4.69) is 16.0 Å². The van der Waals surface area contributed by atoms with E-state index in [4.69, 9.17) is 5.11 Å². The number of aliphatic hydroxyl groups is 1. The molecule has 15 heavy (non-hydrogen) atoms. The molecule has 0 radical (unpaired) electrons. The van der Waals surface area contributed by atoms with E-state index < -0.39 is 18.0 Å². The molecule has 0 aromatic heterocycles. The van der Waals surface area contributed by atoms with Gasteiger partial charge in [0, 0.05) is 25.4 Å². The molecule has 1 aliphatic heterocycles. The summed E-state index contributed by atoms with van der Waals surface area (Å²) < 4.78 is 0. The van der Waals surface area contributed by atoms with Crippen LogP contribution in [0.1, 0.15) is 12.8 Å². The largest absolute Gasteiger partial charge is 0.395 e. The van der Waals surface area contributed by atoms with Crippen LogP contribution in [0.15, 0.2) is 0 Å². The van der Waals surface area contributed by atoms with Crippen LogP contribution in [0.5, 0.6) is 0 Å². The highest BCUT2D eigenvalue weighted by molar-refractivity contribution is 5.97. The lowest BCUT2D eigenvalue weighted by Gasteiger charge is -2.22. The van der Waals surface area contributed by atoms with Gasteiger partial charge >= 0.3 is 6.03 Å². The molecular weight excluding hydrogens is 202 g/mol. The number of hydrogen-bond acceptors (Lipinski definition) is 4. The number of aliphatic hydroxyl groups excluding tert-OH is 1. The summed E-state index contributed by atoms with van der Waals surface area (Å²) in [6.45, 7) is 0.0367. The minimum Gasteiger partial charge on any atom is -0.395 e. The first kappa shape index (κ1) is 11.4. The van der Waals surface area contributed by atoms with Crippen molar-refractivity contribution in [2.45, 2.75) is 18.9 Å².